The number of methoxy groups -OCH3 is 1. The number of Topliss-reactive ketones (excluding diaryl/α,β-unsaturated/α-hetero) is 1. The lowest BCUT2D eigenvalue weighted by Gasteiger charge is -2.08. The van der Waals surface area contributed by atoms with Crippen molar-refractivity contribution in [1.29, 1.82) is 0 Å². The molecule has 150 valence electrons. The first kappa shape index (κ1) is 20.9. The highest BCUT2D eigenvalue weighted by Gasteiger charge is 2.17. The Morgan fingerprint density at radius 2 is 1.97 bits per heavy atom. The van der Waals surface area contributed by atoms with Gasteiger partial charge in [0.1, 0.15) is 11.6 Å². The molecule has 0 bridgehead atoms. The highest BCUT2D eigenvalue weighted by molar-refractivity contribution is 7.99. The predicted molar refractivity (Wildman–Crippen MR) is 109 cm³/mol. The molecule has 3 rings (SSSR count). The second kappa shape index (κ2) is 9.11. The van der Waals surface area contributed by atoms with E-state index in [0.29, 0.717) is 11.3 Å². The fourth-order valence-electron chi connectivity index (χ4n) is 2.57. The van der Waals surface area contributed by atoms with Crippen molar-refractivity contribution in [2.75, 3.05) is 12.9 Å². The van der Waals surface area contributed by atoms with Crippen LogP contribution >= 0.6 is 23.4 Å². The molecule has 0 radical (unpaired) electrons. The van der Waals surface area contributed by atoms with Crippen molar-refractivity contribution in [2.45, 2.75) is 11.6 Å². The lowest BCUT2D eigenvalue weighted by Crippen LogP contribution is -2.16. The van der Waals surface area contributed by atoms with Gasteiger partial charge in [-0.1, -0.05) is 29.4 Å². The second-order valence-electron chi connectivity index (χ2n) is 5.99. The fourth-order valence-corrected chi connectivity index (χ4v) is 3.55. The zero-order valence-electron chi connectivity index (χ0n) is 15.2. The minimum atomic E-state index is -0.629. The molecule has 0 saturated heterocycles. The number of ketones is 1. The van der Waals surface area contributed by atoms with Crippen molar-refractivity contribution < 1.29 is 19.0 Å². The molecule has 9 heteroatoms. The van der Waals surface area contributed by atoms with E-state index in [1.54, 1.807) is 24.3 Å². The maximum atomic E-state index is 13.9. The van der Waals surface area contributed by atoms with Crippen molar-refractivity contribution in [3.63, 3.8) is 0 Å². The average molecular weight is 435 g/mol. The summed E-state index contributed by atoms with van der Waals surface area (Å²) in [7, 11) is 1.53. The summed E-state index contributed by atoms with van der Waals surface area (Å²) in [6.07, 6.45) is -0.213. The molecule has 1 heterocycles. The fraction of sp³-hybridized carbons (Fsp3) is 0.150. The van der Waals surface area contributed by atoms with Gasteiger partial charge in [0.15, 0.2) is 10.9 Å². The monoisotopic (exact) mass is 434 g/mol. The third-order valence-corrected chi connectivity index (χ3v) is 5.37. The molecule has 0 aliphatic rings. The van der Waals surface area contributed by atoms with E-state index in [2.05, 4.69) is 9.97 Å². The Bertz CT molecular complexity index is 1080. The summed E-state index contributed by atoms with van der Waals surface area (Å²) in [6.45, 7) is 0. The molecular weight excluding hydrogens is 419 g/mol. The number of carbonyl (C=O) groups is 1. The second-order valence-corrected chi connectivity index (χ2v) is 7.36. The van der Waals surface area contributed by atoms with E-state index in [4.69, 9.17) is 16.3 Å². The van der Waals surface area contributed by atoms with Crippen LogP contribution in [0, 0.1) is 5.82 Å². The van der Waals surface area contributed by atoms with Crippen molar-refractivity contribution in [3.8, 4) is 11.6 Å². The van der Waals surface area contributed by atoms with E-state index in [1.807, 2.05) is 0 Å². The number of nitrogens with zero attached hydrogens (tertiary/aromatic N) is 1. The molecular formula is C20H16ClFN2O4S. The van der Waals surface area contributed by atoms with E-state index >= 15 is 0 Å². The molecule has 0 spiro atoms. The van der Waals surface area contributed by atoms with Gasteiger partial charge in [0, 0.05) is 22.6 Å². The van der Waals surface area contributed by atoms with Gasteiger partial charge in [-0.05, 0) is 36.4 Å². The summed E-state index contributed by atoms with van der Waals surface area (Å²) in [6, 6.07) is 10.8. The van der Waals surface area contributed by atoms with Gasteiger partial charge in [-0.25, -0.2) is 4.39 Å². The topological polar surface area (TPSA) is 92.3 Å². The van der Waals surface area contributed by atoms with Gasteiger partial charge in [0.05, 0.1) is 18.4 Å². The summed E-state index contributed by atoms with van der Waals surface area (Å²) in [5.74, 6) is -0.655. The number of ether oxygens (including phenoxy) is 1. The zero-order chi connectivity index (χ0) is 21.0. The lowest BCUT2D eigenvalue weighted by atomic mass is 10.1. The Morgan fingerprint density at radius 3 is 2.59 bits per heavy atom. The number of carbonyl (C=O) groups excluding carboxylic acids is 1. The van der Waals surface area contributed by atoms with Crippen molar-refractivity contribution >= 4 is 29.1 Å². The minimum Gasteiger partial charge on any atom is -0.497 e. The van der Waals surface area contributed by atoms with Crippen LogP contribution in [0.5, 0.6) is 11.6 Å². The Morgan fingerprint density at radius 1 is 1.24 bits per heavy atom. The molecule has 6 nitrogen and oxygen atoms in total. The van der Waals surface area contributed by atoms with E-state index in [0.717, 1.165) is 11.8 Å². The summed E-state index contributed by atoms with van der Waals surface area (Å²) in [5.41, 5.74) is -0.165. The summed E-state index contributed by atoms with van der Waals surface area (Å²) in [4.78, 5) is 31.0. The van der Waals surface area contributed by atoms with Gasteiger partial charge in [0.2, 0.25) is 5.88 Å². The summed E-state index contributed by atoms with van der Waals surface area (Å²) < 4.78 is 19.0. The maximum Gasteiger partial charge on any atom is 0.258 e. The van der Waals surface area contributed by atoms with Crippen LogP contribution in [0.3, 0.4) is 0 Å². The van der Waals surface area contributed by atoms with Crippen LogP contribution < -0.4 is 10.3 Å². The lowest BCUT2D eigenvalue weighted by molar-refractivity contribution is 0.102. The number of H-pyrrole nitrogens is 1. The third-order valence-electron chi connectivity index (χ3n) is 4.14. The molecule has 2 N–H and O–H groups in total. The highest BCUT2D eigenvalue weighted by atomic mass is 35.5. The quantitative estimate of drug-likeness (QED) is 0.333. The maximum absolute atomic E-state index is 13.9. The highest BCUT2D eigenvalue weighted by Crippen LogP contribution is 2.25. The molecule has 0 amide bonds. The number of benzene rings is 2. The van der Waals surface area contributed by atoms with Crippen LogP contribution in [0.15, 0.2) is 52.4 Å². The SMILES string of the molecule is COc1ccc(C(=O)CSc2nc(O)c(Cc3c(F)cccc3Cl)c(=O)[nH]2)cc1. The van der Waals surface area contributed by atoms with Crippen molar-refractivity contribution in [1.82, 2.24) is 9.97 Å². The number of aromatic nitrogens is 2. The van der Waals surface area contributed by atoms with Gasteiger partial charge in [-0.2, -0.15) is 4.98 Å². The van der Waals surface area contributed by atoms with Crippen LogP contribution in [0.2, 0.25) is 5.02 Å². The molecule has 0 fully saturated rings. The van der Waals surface area contributed by atoms with Gasteiger partial charge in [0.25, 0.3) is 5.56 Å². The Kier molecular flexibility index (Phi) is 6.56. The number of thioether (sulfide) groups is 1. The molecule has 1 aromatic heterocycles. The van der Waals surface area contributed by atoms with Crippen LogP contribution in [-0.4, -0.2) is 33.7 Å². The van der Waals surface area contributed by atoms with E-state index in [1.165, 1.54) is 25.3 Å². The number of hydrogen-bond acceptors (Lipinski definition) is 6. The van der Waals surface area contributed by atoms with Gasteiger partial charge in [-0.3, -0.25) is 9.59 Å². The number of halogens is 2. The number of aromatic hydroxyl groups is 1. The Hall–Kier alpha value is -2.84. The number of rotatable bonds is 7. The molecule has 2 aromatic carbocycles. The van der Waals surface area contributed by atoms with Gasteiger partial charge in [-0.15, -0.1) is 0 Å². The van der Waals surface area contributed by atoms with Crippen LogP contribution in [-0.2, 0) is 6.42 Å². The van der Waals surface area contributed by atoms with Crippen LogP contribution in [0.25, 0.3) is 0 Å². The van der Waals surface area contributed by atoms with Gasteiger partial charge < -0.3 is 14.8 Å². The minimum absolute atomic E-state index is 0.00714. The number of nitrogens with one attached hydrogen (secondary N) is 1. The first-order chi connectivity index (χ1) is 13.9. The Balaban J connectivity index is 1.73. The van der Waals surface area contributed by atoms with Crippen molar-refractivity contribution in [2.24, 2.45) is 0 Å². The number of hydrogen-bond donors (Lipinski definition) is 2. The molecule has 29 heavy (non-hydrogen) atoms. The van der Waals surface area contributed by atoms with Gasteiger partial charge >= 0.3 is 0 Å². The normalized spacial score (nSPS) is 10.7. The molecule has 3 aromatic rings. The summed E-state index contributed by atoms with van der Waals surface area (Å²) >= 11 is 6.95. The molecule has 0 unspecified atom stereocenters. The Labute approximate surface area is 174 Å². The summed E-state index contributed by atoms with van der Waals surface area (Å²) in [5, 5.41) is 10.4. The van der Waals surface area contributed by atoms with Crippen LogP contribution in [0.4, 0.5) is 4.39 Å². The largest absolute Gasteiger partial charge is 0.497 e. The standard InChI is InChI=1S/C20H16ClFN2O4S/c1-28-12-7-5-11(6-8-12)17(25)10-29-20-23-18(26)14(19(27)24-20)9-13-15(21)3-2-4-16(13)22/h2-8H,9-10H2,1H3,(H2,23,24,26,27). The van der Waals surface area contributed by atoms with Crippen molar-refractivity contribution in [3.05, 3.63) is 80.3 Å². The number of aromatic amines is 1. The molecule has 0 saturated carbocycles. The van der Waals surface area contributed by atoms with Crippen LogP contribution in [0.1, 0.15) is 21.5 Å². The first-order valence-corrected chi connectivity index (χ1v) is 9.80. The predicted octanol–water partition coefficient (Wildman–Crippen LogP) is 3.84. The van der Waals surface area contributed by atoms with E-state index in [-0.39, 0.29) is 39.3 Å². The third kappa shape index (κ3) is 4.96. The molecule has 0 aliphatic carbocycles. The average Bonchev–Trinajstić information content (AvgIpc) is 2.70. The van der Waals surface area contributed by atoms with E-state index in [9.17, 15) is 19.1 Å². The zero-order valence-corrected chi connectivity index (χ0v) is 16.8. The van der Waals surface area contributed by atoms with E-state index < -0.39 is 17.3 Å². The smallest absolute Gasteiger partial charge is 0.258 e. The molecule has 0 atom stereocenters. The molecule has 0 aliphatic heterocycles. The first-order valence-electron chi connectivity index (χ1n) is 8.44.